The molecule has 1 atom stereocenters. The van der Waals surface area contributed by atoms with Crippen LogP contribution in [0, 0.1) is 0 Å². The van der Waals surface area contributed by atoms with Crippen molar-refractivity contribution in [1.29, 1.82) is 0 Å². The SMILES string of the molecule is CC(C)c1cc([C@H]2CCCN2C(=O)c2ccc3c(c2)OCO3)on1. The van der Waals surface area contributed by atoms with Crippen molar-refractivity contribution in [2.45, 2.75) is 38.6 Å². The van der Waals surface area contributed by atoms with Crippen LogP contribution in [0.2, 0.25) is 0 Å². The van der Waals surface area contributed by atoms with Crippen LogP contribution in [0.5, 0.6) is 11.5 Å². The summed E-state index contributed by atoms with van der Waals surface area (Å²) in [5, 5.41) is 4.12. The molecule has 126 valence electrons. The van der Waals surface area contributed by atoms with Gasteiger partial charge in [-0.2, -0.15) is 0 Å². The highest BCUT2D eigenvalue weighted by Crippen LogP contribution is 2.37. The Hall–Kier alpha value is -2.50. The Labute approximate surface area is 140 Å². The number of hydrogen-bond acceptors (Lipinski definition) is 5. The average molecular weight is 328 g/mol. The molecule has 3 heterocycles. The maximum Gasteiger partial charge on any atom is 0.254 e. The molecule has 0 unspecified atom stereocenters. The minimum Gasteiger partial charge on any atom is -0.454 e. The molecule has 0 saturated carbocycles. The number of hydrogen-bond donors (Lipinski definition) is 0. The molecule has 2 aromatic rings. The molecule has 1 saturated heterocycles. The van der Waals surface area contributed by atoms with E-state index in [-0.39, 0.29) is 18.7 Å². The van der Waals surface area contributed by atoms with E-state index in [1.165, 1.54) is 0 Å². The Kier molecular flexibility index (Phi) is 3.67. The van der Waals surface area contributed by atoms with Crippen LogP contribution in [-0.4, -0.2) is 29.3 Å². The zero-order chi connectivity index (χ0) is 16.7. The van der Waals surface area contributed by atoms with Gasteiger partial charge in [0.2, 0.25) is 6.79 Å². The monoisotopic (exact) mass is 328 g/mol. The summed E-state index contributed by atoms with van der Waals surface area (Å²) < 4.78 is 16.2. The first-order valence-corrected chi connectivity index (χ1v) is 8.30. The Morgan fingerprint density at radius 3 is 2.88 bits per heavy atom. The predicted octanol–water partition coefficient (Wildman–Crippen LogP) is 3.50. The summed E-state index contributed by atoms with van der Waals surface area (Å²) in [6, 6.07) is 7.24. The zero-order valence-electron chi connectivity index (χ0n) is 13.8. The lowest BCUT2D eigenvalue weighted by atomic mass is 10.1. The predicted molar refractivity (Wildman–Crippen MR) is 86.2 cm³/mol. The quantitative estimate of drug-likeness (QED) is 0.863. The zero-order valence-corrected chi connectivity index (χ0v) is 13.8. The maximum atomic E-state index is 12.9. The Bertz CT molecular complexity index is 768. The molecule has 0 spiro atoms. The summed E-state index contributed by atoms with van der Waals surface area (Å²) in [6.07, 6.45) is 1.85. The topological polar surface area (TPSA) is 64.8 Å². The summed E-state index contributed by atoms with van der Waals surface area (Å²) in [6.45, 7) is 5.07. The molecule has 6 heteroatoms. The third kappa shape index (κ3) is 2.52. The molecule has 2 aliphatic heterocycles. The van der Waals surface area contributed by atoms with Crippen molar-refractivity contribution >= 4 is 5.91 Å². The van der Waals surface area contributed by atoms with Crippen LogP contribution >= 0.6 is 0 Å². The Balaban J connectivity index is 1.58. The molecule has 0 bridgehead atoms. The molecule has 1 fully saturated rings. The van der Waals surface area contributed by atoms with Crippen LogP contribution in [0.15, 0.2) is 28.8 Å². The van der Waals surface area contributed by atoms with Gasteiger partial charge in [-0.05, 0) is 37.0 Å². The van der Waals surface area contributed by atoms with Crippen molar-refractivity contribution in [3.8, 4) is 11.5 Å². The molecular weight excluding hydrogens is 308 g/mol. The van der Waals surface area contributed by atoms with Gasteiger partial charge in [-0.3, -0.25) is 4.79 Å². The van der Waals surface area contributed by atoms with E-state index in [1.54, 1.807) is 18.2 Å². The number of benzene rings is 1. The normalized spacial score (nSPS) is 19.3. The lowest BCUT2D eigenvalue weighted by molar-refractivity contribution is 0.0714. The van der Waals surface area contributed by atoms with Gasteiger partial charge in [-0.15, -0.1) is 0 Å². The third-order valence-corrected chi connectivity index (χ3v) is 4.60. The van der Waals surface area contributed by atoms with Crippen LogP contribution in [-0.2, 0) is 0 Å². The molecule has 1 amide bonds. The van der Waals surface area contributed by atoms with Crippen LogP contribution in [0.25, 0.3) is 0 Å². The molecule has 6 nitrogen and oxygen atoms in total. The molecule has 4 rings (SSSR count). The Morgan fingerprint density at radius 1 is 1.25 bits per heavy atom. The van der Waals surface area contributed by atoms with Crippen LogP contribution in [0.3, 0.4) is 0 Å². The van der Waals surface area contributed by atoms with E-state index in [0.717, 1.165) is 30.8 Å². The van der Waals surface area contributed by atoms with E-state index in [4.69, 9.17) is 14.0 Å². The number of fused-ring (bicyclic) bond motifs is 1. The van der Waals surface area contributed by atoms with Crippen molar-refractivity contribution in [2.24, 2.45) is 0 Å². The van der Waals surface area contributed by atoms with Gasteiger partial charge in [0.1, 0.15) is 0 Å². The maximum absolute atomic E-state index is 12.9. The second kappa shape index (κ2) is 5.85. The van der Waals surface area contributed by atoms with Gasteiger partial charge in [0.15, 0.2) is 17.3 Å². The standard InChI is InChI=1S/C18H20N2O4/c1-11(2)13-9-16(24-19-13)14-4-3-7-20(14)18(21)12-5-6-15-17(8-12)23-10-22-15/h5-6,8-9,11,14H,3-4,7,10H2,1-2H3/t14-/m1/s1. The first-order chi connectivity index (χ1) is 11.6. The molecule has 2 aliphatic rings. The fourth-order valence-electron chi connectivity index (χ4n) is 3.23. The van der Waals surface area contributed by atoms with Crippen molar-refractivity contribution in [3.63, 3.8) is 0 Å². The van der Waals surface area contributed by atoms with Gasteiger partial charge < -0.3 is 18.9 Å². The molecular formula is C18H20N2O4. The lowest BCUT2D eigenvalue weighted by Gasteiger charge is -2.22. The molecule has 24 heavy (non-hydrogen) atoms. The number of nitrogens with zero attached hydrogens (tertiary/aromatic N) is 2. The summed E-state index contributed by atoms with van der Waals surface area (Å²) in [4.78, 5) is 14.8. The minimum absolute atomic E-state index is 0.0155. The first-order valence-electron chi connectivity index (χ1n) is 8.30. The van der Waals surface area contributed by atoms with Gasteiger partial charge in [-0.1, -0.05) is 19.0 Å². The summed E-state index contributed by atoms with van der Waals surface area (Å²) in [7, 11) is 0. The number of rotatable bonds is 3. The van der Waals surface area contributed by atoms with E-state index in [9.17, 15) is 4.79 Å². The van der Waals surface area contributed by atoms with E-state index >= 15 is 0 Å². The fraction of sp³-hybridized carbons (Fsp3) is 0.444. The fourth-order valence-corrected chi connectivity index (χ4v) is 3.23. The number of ether oxygens (including phenoxy) is 2. The van der Waals surface area contributed by atoms with E-state index in [2.05, 4.69) is 19.0 Å². The average Bonchev–Trinajstić information content (AvgIpc) is 3.31. The first kappa shape index (κ1) is 15.1. The van der Waals surface area contributed by atoms with Crippen molar-refractivity contribution in [3.05, 3.63) is 41.3 Å². The molecule has 0 aliphatic carbocycles. The number of carbonyl (C=O) groups excluding carboxylic acids is 1. The van der Waals surface area contributed by atoms with Gasteiger partial charge in [0.05, 0.1) is 11.7 Å². The highest BCUT2D eigenvalue weighted by atomic mass is 16.7. The van der Waals surface area contributed by atoms with Crippen LogP contribution in [0.4, 0.5) is 0 Å². The second-order valence-electron chi connectivity index (χ2n) is 6.53. The number of aromatic nitrogens is 1. The summed E-state index contributed by atoms with van der Waals surface area (Å²) >= 11 is 0. The van der Waals surface area contributed by atoms with E-state index < -0.39 is 0 Å². The molecule has 1 aromatic carbocycles. The van der Waals surface area contributed by atoms with Gasteiger partial charge >= 0.3 is 0 Å². The van der Waals surface area contributed by atoms with Gasteiger partial charge in [0.25, 0.3) is 5.91 Å². The number of likely N-dealkylation sites (tertiary alicyclic amines) is 1. The lowest BCUT2D eigenvalue weighted by Crippen LogP contribution is -2.30. The molecule has 0 radical (unpaired) electrons. The molecule has 1 aromatic heterocycles. The summed E-state index contributed by atoms with van der Waals surface area (Å²) in [5.41, 5.74) is 1.53. The van der Waals surface area contributed by atoms with E-state index in [0.29, 0.717) is 23.0 Å². The van der Waals surface area contributed by atoms with Gasteiger partial charge in [-0.25, -0.2) is 0 Å². The van der Waals surface area contributed by atoms with Crippen molar-refractivity contribution in [1.82, 2.24) is 10.1 Å². The number of carbonyl (C=O) groups is 1. The highest BCUT2D eigenvalue weighted by molar-refractivity contribution is 5.95. The number of amides is 1. The van der Waals surface area contributed by atoms with Crippen molar-refractivity contribution < 1.29 is 18.8 Å². The van der Waals surface area contributed by atoms with Gasteiger partial charge in [0, 0.05) is 18.2 Å². The molecule has 0 N–H and O–H groups in total. The second-order valence-corrected chi connectivity index (χ2v) is 6.53. The van der Waals surface area contributed by atoms with Crippen LogP contribution < -0.4 is 9.47 Å². The van der Waals surface area contributed by atoms with Crippen molar-refractivity contribution in [2.75, 3.05) is 13.3 Å². The smallest absolute Gasteiger partial charge is 0.254 e. The van der Waals surface area contributed by atoms with Crippen LogP contribution in [0.1, 0.15) is 60.5 Å². The highest BCUT2D eigenvalue weighted by Gasteiger charge is 2.34. The minimum atomic E-state index is -0.0528. The van der Waals surface area contributed by atoms with E-state index in [1.807, 2.05) is 11.0 Å². The largest absolute Gasteiger partial charge is 0.454 e. The Morgan fingerprint density at radius 2 is 2.08 bits per heavy atom. The summed E-state index contributed by atoms with van der Waals surface area (Å²) in [5.74, 6) is 2.37. The third-order valence-electron chi connectivity index (χ3n) is 4.60.